The number of carbonyl (C=O) groups excluding carboxylic acids is 10. The average molecular weight is 1530 g/mol. The second-order valence-electron chi connectivity index (χ2n) is 25.9. The van der Waals surface area contributed by atoms with Gasteiger partial charge in [-0.05, 0) is 62.1 Å². The highest BCUT2D eigenvalue weighted by atomic mass is 32.2. The number of nitrogens with zero attached hydrogens (tertiary/aromatic N) is 2. The van der Waals surface area contributed by atoms with Crippen LogP contribution in [0.2, 0.25) is 0 Å². The van der Waals surface area contributed by atoms with Gasteiger partial charge in [0.05, 0.1) is 91.3 Å². The van der Waals surface area contributed by atoms with Gasteiger partial charge in [0.15, 0.2) is 0 Å². The molecular formula is C71H114N14O19S2. The molecule has 2 bridgehead atoms. The lowest BCUT2D eigenvalue weighted by Gasteiger charge is -2.34. The third-order valence-electron chi connectivity index (χ3n) is 17.4. The minimum absolute atomic E-state index is 0.0285. The van der Waals surface area contributed by atoms with E-state index >= 15 is 4.79 Å². The zero-order chi connectivity index (χ0) is 76.9. The number of aliphatic carboxylic acids is 1. The molecule has 594 valence electrons. The number of hydrogen-bond donors (Lipinski definition) is 14. The number of hydrogen-bond acceptors (Lipinski definition) is 24. The molecule has 3 aliphatic heterocycles. The van der Waals surface area contributed by atoms with Crippen molar-refractivity contribution in [2.24, 2.45) is 23.1 Å². The van der Waals surface area contributed by atoms with E-state index < -0.39 is 120 Å². The molecule has 0 aromatic heterocycles. The third kappa shape index (κ3) is 34.0. The second kappa shape index (κ2) is 52.0. The molecule has 0 unspecified atom stereocenters. The summed E-state index contributed by atoms with van der Waals surface area (Å²) < 4.78 is 33.6. The lowest BCUT2D eigenvalue weighted by molar-refractivity contribution is -0.148. The fourth-order valence-corrected chi connectivity index (χ4v) is 13.8. The number of aliphatic hydroxyl groups is 1. The first kappa shape index (κ1) is 89.5. The van der Waals surface area contributed by atoms with E-state index in [2.05, 4.69) is 47.9 Å². The number of primary amides is 1. The van der Waals surface area contributed by atoms with Crippen LogP contribution < -0.4 is 65.1 Å². The van der Waals surface area contributed by atoms with Crippen molar-refractivity contribution in [3.63, 3.8) is 0 Å². The number of rotatable bonds is 43. The van der Waals surface area contributed by atoms with Crippen molar-refractivity contribution < 1.29 is 91.4 Å². The van der Waals surface area contributed by atoms with Gasteiger partial charge in [0.25, 0.3) is 0 Å². The Morgan fingerprint density at radius 3 is 1.74 bits per heavy atom. The molecule has 10 amide bonds. The monoisotopic (exact) mass is 1530 g/mol. The number of nitrogens with two attached hydrogens (primary N) is 3. The quantitative estimate of drug-likeness (QED) is 0.0306. The van der Waals surface area contributed by atoms with E-state index in [0.717, 1.165) is 11.1 Å². The Morgan fingerprint density at radius 2 is 1.17 bits per heavy atom. The highest BCUT2D eigenvalue weighted by Crippen LogP contribution is 2.28. The van der Waals surface area contributed by atoms with Gasteiger partial charge in [0.1, 0.15) is 48.3 Å². The fraction of sp³-hybridized carbons (Fsp3) is 0.676. The summed E-state index contributed by atoms with van der Waals surface area (Å²) in [6.45, 7) is 10.6. The van der Waals surface area contributed by atoms with E-state index in [1.165, 1.54) is 40.2 Å². The van der Waals surface area contributed by atoms with E-state index in [-0.39, 0.29) is 94.8 Å². The Balaban J connectivity index is 1.16. The second-order valence-corrected chi connectivity index (χ2v) is 28.0. The summed E-state index contributed by atoms with van der Waals surface area (Å²) in [5.41, 5.74) is 18.8. The topological polar surface area (TPSA) is 476 Å². The normalized spacial score (nSPS) is 20.9. The molecule has 0 spiro atoms. The molecule has 5 rings (SSSR count). The van der Waals surface area contributed by atoms with Gasteiger partial charge in [-0.2, -0.15) is 23.5 Å². The lowest BCUT2D eigenvalue weighted by Crippen LogP contribution is -2.61. The maximum Gasteiger partial charge on any atom is 0.327 e. The van der Waals surface area contributed by atoms with Crippen molar-refractivity contribution in [2.75, 3.05) is 150 Å². The molecule has 0 radical (unpaired) electrons. The SMILES string of the molecule is CCCC[C@H](NC(=O)CCOCCOCCOCCOCCOCCOCCNC(=O)C(CNCCN)CNCCN)C(=O)N[C@H]1CSCc2cccc(c2)CSC[C@@H](C(=O)O)NC(=O)[C@H](Cc2ccccc2)NC(=O)[C@H](CCC(N)=O)NC(=O)[C@H]([C@@H](C)O)NC(=O)[C@@H]2CCCN2C(=O)[C@@H]2CCCN2C1=O. The Morgan fingerprint density at radius 1 is 0.623 bits per heavy atom. The highest BCUT2D eigenvalue weighted by molar-refractivity contribution is 7.98. The number of amides is 10. The van der Waals surface area contributed by atoms with Crippen LogP contribution >= 0.6 is 23.5 Å². The first-order valence-corrected chi connectivity index (χ1v) is 39.0. The molecule has 2 saturated heterocycles. The van der Waals surface area contributed by atoms with Crippen LogP contribution in [0, 0.1) is 5.92 Å². The van der Waals surface area contributed by atoms with Crippen LogP contribution in [0.3, 0.4) is 0 Å². The zero-order valence-corrected chi connectivity index (χ0v) is 62.8. The summed E-state index contributed by atoms with van der Waals surface area (Å²) >= 11 is 2.57. The van der Waals surface area contributed by atoms with E-state index in [9.17, 15) is 58.2 Å². The zero-order valence-electron chi connectivity index (χ0n) is 61.2. The number of ether oxygens (including phenoxy) is 6. The number of benzene rings is 2. The molecule has 0 saturated carbocycles. The molecule has 17 N–H and O–H groups in total. The fourth-order valence-electron chi connectivity index (χ4n) is 11.8. The largest absolute Gasteiger partial charge is 0.480 e. The Kier molecular flexibility index (Phi) is 43.9. The van der Waals surface area contributed by atoms with Crippen molar-refractivity contribution in [2.45, 2.75) is 150 Å². The molecule has 2 aromatic rings. The van der Waals surface area contributed by atoms with Crippen molar-refractivity contribution in [3.05, 3.63) is 71.3 Å². The minimum Gasteiger partial charge on any atom is -0.480 e. The number of aliphatic hydroxyl groups excluding tert-OH is 1. The van der Waals surface area contributed by atoms with Crippen molar-refractivity contribution >= 4 is 88.6 Å². The number of carboxylic acids is 1. The highest BCUT2D eigenvalue weighted by Gasteiger charge is 2.45. The van der Waals surface area contributed by atoms with Gasteiger partial charge in [-0.15, -0.1) is 0 Å². The van der Waals surface area contributed by atoms with E-state index in [4.69, 9.17) is 45.6 Å². The number of unbranched alkanes of at least 4 members (excludes halogenated alkanes) is 1. The van der Waals surface area contributed by atoms with Crippen molar-refractivity contribution in [3.8, 4) is 0 Å². The molecule has 2 fully saturated rings. The van der Waals surface area contributed by atoms with Crippen LogP contribution in [0.15, 0.2) is 54.6 Å². The Bertz CT molecular complexity index is 3020. The van der Waals surface area contributed by atoms with Crippen molar-refractivity contribution in [1.82, 2.24) is 57.7 Å². The number of thioether (sulfide) groups is 2. The van der Waals surface area contributed by atoms with Gasteiger partial charge >= 0.3 is 5.97 Å². The lowest BCUT2D eigenvalue weighted by atomic mass is 10.0. The molecule has 3 heterocycles. The Hall–Kier alpha value is -7.13. The summed E-state index contributed by atoms with van der Waals surface area (Å²) in [7, 11) is 0. The average Bonchev–Trinajstić information content (AvgIpc) is 1.63. The standard InChI is InChI=1S/C71H114N14O19S2/c1-3-4-15-53(78-61(88)20-28-99-30-32-101-34-36-103-38-39-104-37-35-102-33-31-100-29-25-77-63(89)52(42-75-23-21-72)43-76-24-22-73)64(90)81-56-46-105-44-50-13-8-14-51(40-50)45-106-47-57(71(97)98)82-66(92)55(41-49-11-6-5-7-12-49)80-65(91)54(18-19-60(74)87)79-68(94)62(48(2)86)83-67(93)58-16-9-26-84(58)70(96)59-17-10-27-85(59)69(56)95/h5-8,11-14,40,48,52-59,62,75-76,86H,3-4,9-10,15-39,41-47,72-73H2,1-2H3,(H2,74,87)(H,77,89)(H,78,88)(H,79,94)(H,80,91)(H,81,90)(H,82,92)(H,83,93)(H,97,98)/t48-,53+,54+,55+,56+,57+,58+,59+,62+/m1/s1. The number of nitrogens with one attached hydrogen (secondary N) is 9. The maximum atomic E-state index is 15.1. The van der Waals surface area contributed by atoms with Crippen LogP contribution in [-0.4, -0.2) is 289 Å². The molecule has 35 heteroatoms. The number of carboxylic acid groups (broad SMARTS) is 1. The van der Waals surface area contributed by atoms with E-state index in [1.54, 1.807) is 30.3 Å². The van der Waals surface area contributed by atoms with Crippen LogP contribution in [0.4, 0.5) is 0 Å². The van der Waals surface area contributed by atoms with Gasteiger partial charge in [0, 0.05) is 101 Å². The summed E-state index contributed by atoms with van der Waals surface area (Å²) in [5, 5.41) is 46.6. The van der Waals surface area contributed by atoms with Gasteiger partial charge in [0.2, 0.25) is 59.1 Å². The predicted octanol–water partition coefficient (Wildman–Crippen LogP) is -2.46. The smallest absolute Gasteiger partial charge is 0.327 e. The van der Waals surface area contributed by atoms with Crippen LogP contribution in [0.1, 0.15) is 94.7 Å². The molecule has 0 aliphatic carbocycles. The molecular weight excluding hydrogens is 1420 g/mol. The number of fused-ring (bicyclic) bond motifs is 4. The summed E-state index contributed by atoms with van der Waals surface area (Å²) in [6.07, 6.45) is 0.0608. The summed E-state index contributed by atoms with van der Waals surface area (Å²) in [4.78, 5) is 155. The first-order chi connectivity index (χ1) is 51.2. The molecule has 3 aliphatic rings. The predicted molar refractivity (Wildman–Crippen MR) is 397 cm³/mol. The van der Waals surface area contributed by atoms with Gasteiger partial charge in [-0.1, -0.05) is 74.4 Å². The van der Waals surface area contributed by atoms with Gasteiger partial charge in [-0.3, -0.25) is 47.9 Å². The van der Waals surface area contributed by atoms with Crippen LogP contribution in [0.5, 0.6) is 0 Å². The number of carbonyl (C=O) groups is 11. The van der Waals surface area contributed by atoms with E-state index in [0.29, 0.717) is 148 Å². The van der Waals surface area contributed by atoms with Gasteiger partial charge < -0.3 is 113 Å². The van der Waals surface area contributed by atoms with Gasteiger partial charge in [-0.25, -0.2) is 4.79 Å². The van der Waals surface area contributed by atoms with E-state index in [1.807, 2.05) is 31.2 Å². The van der Waals surface area contributed by atoms with Crippen LogP contribution in [0.25, 0.3) is 0 Å². The Labute approximate surface area is 629 Å². The maximum absolute atomic E-state index is 15.1. The van der Waals surface area contributed by atoms with Crippen LogP contribution in [-0.2, 0) is 99.1 Å². The molecule has 106 heavy (non-hydrogen) atoms. The summed E-state index contributed by atoms with van der Waals surface area (Å²) in [6, 6.07) is 5.44. The molecule has 2 aromatic carbocycles. The summed E-state index contributed by atoms with van der Waals surface area (Å²) in [5.74, 6) is -7.78. The van der Waals surface area contributed by atoms with Crippen molar-refractivity contribution in [1.29, 1.82) is 0 Å². The minimum atomic E-state index is -1.72. The third-order valence-corrected chi connectivity index (χ3v) is 19.7. The molecule has 9 atom stereocenters. The first-order valence-electron chi connectivity index (χ1n) is 36.7. The molecule has 33 nitrogen and oxygen atoms in total.